The molecular formula is C23H26N6O4. The highest BCUT2D eigenvalue weighted by Gasteiger charge is 2.24. The van der Waals surface area contributed by atoms with Gasteiger partial charge in [-0.3, -0.25) is 18.8 Å². The SMILES string of the molecule is O=C(CNc1cnc2c(C(=O)N3CCN(c4ccccc4)CC3)cccn2c1=O)NCCO. The average molecular weight is 450 g/mol. The Hall–Kier alpha value is -3.92. The molecule has 10 heteroatoms. The van der Waals surface area contributed by atoms with Crippen LogP contribution in [0.25, 0.3) is 5.65 Å². The van der Waals surface area contributed by atoms with Crippen LogP contribution in [0.5, 0.6) is 0 Å². The lowest BCUT2D eigenvalue weighted by Gasteiger charge is -2.36. The molecule has 0 atom stereocenters. The number of carbonyl (C=O) groups is 2. The smallest absolute Gasteiger partial charge is 0.281 e. The van der Waals surface area contributed by atoms with Gasteiger partial charge in [0, 0.05) is 44.6 Å². The lowest BCUT2D eigenvalue weighted by Crippen LogP contribution is -2.49. The Morgan fingerprint density at radius 1 is 1.03 bits per heavy atom. The fourth-order valence-corrected chi connectivity index (χ4v) is 3.80. The summed E-state index contributed by atoms with van der Waals surface area (Å²) >= 11 is 0. The summed E-state index contributed by atoms with van der Waals surface area (Å²) in [6.07, 6.45) is 2.88. The molecule has 0 unspecified atom stereocenters. The van der Waals surface area contributed by atoms with Gasteiger partial charge in [0.15, 0.2) is 5.65 Å². The molecule has 172 valence electrons. The number of nitrogens with one attached hydrogen (secondary N) is 2. The molecule has 0 aliphatic carbocycles. The van der Waals surface area contributed by atoms with Crippen molar-refractivity contribution < 1.29 is 14.7 Å². The van der Waals surface area contributed by atoms with Crippen molar-refractivity contribution >= 4 is 28.8 Å². The van der Waals surface area contributed by atoms with Crippen LogP contribution in [-0.2, 0) is 4.79 Å². The maximum atomic E-state index is 13.2. The number of piperazine rings is 1. The largest absolute Gasteiger partial charge is 0.395 e. The van der Waals surface area contributed by atoms with Crippen molar-refractivity contribution in [3.63, 3.8) is 0 Å². The van der Waals surface area contributed by atoms with E-state index in [2.05, 4.69) is 32.7 Å². The van der Waals surface area contributed by atoms with Crippen LogP contribution >= 0.6 is 0 Å². The molecule has 33 heavy (non-hydrogen) atoms. The van der Waals surface area contributed by atoms with Gasteiger partial charge < -0.3 is 25.5 Å². The second-order valence-corrected chi connectivity index (χ2v) is 7.63. The van der Waals surface area contributed by atoms with E-state index in [1.54, 1.807) is 23.2 Å². The molecule has 0 spiro atoms. The third-order valence-electron chi connectivity index (χ3n) is 5.52. The Labute approximate surface area is 190 Å². The Morgan fingerprint density at radius 2 is 1.79 bits per heavy atom. The Balaban J connectivity index is 1.48. The van der Waals surface area contributed by atoms with Crippen molar-refractivity contribution in [1.29, 1.82) is 0 Å². The van der Waals surface area contributed by atoms with Gasteiger partial charge in [-0.05, 0) is 24.3 Å². The van der Waals surface area contributed by atoms with Crippen LogP contribution in [0.2, 0.25) is 0 Å². The molecule has 1 aliphatic heterocycles. The summed E-state index contributed by atoms with van der Waals surface area (Å²) in [6, 6.07) is 13.4. The zero-order chi connectivity index (χ0) is 23.2. The number of aromatic nitrogens is 2. The van der Waals surface area contributed by atoms with Gasteiger partial charge in [-0.15, -0.1) is 0 Å². The number of anilines is 2. The van der Waals surface area contributed by atoms with Gasteiger partial charge in [0.2, 0.25) is 5.91 Å². The average Bonchev–Trinajstić information content (AvgIpc) is 2.87. The van der Waals surface area contributed by atoms with Crippen LogP contribution in [0, 0.1) is 0 Å². The molecule has 0 bridgehead atoms. The third-order valence-corrected chi connectivity index (χ3v) is 5.52. The summed E-state index contributed by atoms with van der Waals surface area (Å²) in [5.41, 5.74) is 1.50. The van der Waals surface area contributed by atoms with Crippen LogP contribution in [0.4, 0.5) is 11.4 Å². The van der Waals surface area contributed by atoms with Gasteiger partial charge in [0.05, 0.1) is 24.9 Å². The highest BCUT2D eigenvalue weighted by Crippen LogP contribution is 2.18. The van der Waals surface area contributed by atoms with Crippen LogP contribution in [-0.4, -0.2) is 77.1 Å². The first-order chi connectivity index (χ1) is 16.1. The van der Waals surface area contributed by atoms with E-state index < -0.39 is 5.56 Å². The second kappa shape index (κ2) is 10.1. The van der Waals surface area contributed by atoms with E-state index in [-0.39, 0.29) is 42.8 Å². The summed E-state index contributed by atoms with van der Waals surface area (Å²) in [5.74, 6) is -0.524. The molecular weight excluding hydrogens is 424 g/mol. The van der Waals surface area contributed by atoms with Crippen LogP contribution in [0.1, 0.15) is 10.4 Å². The molecule has 1 fully saturated rings. The van der Waals surface area contributed by atoms with Gasteiger partial charge >= 0.3 is 0 Å². The van der Waals surface area contributed by atoms with E-state index in [1.807, 2.05) is 18.2 Å². The summed E-state index contributed by atoms with van der Waals surface area (Å²) in [7, 11) is 0. The number of rotatable bonds is 7. The standard InChI is InChI=1S/C23H26N6O4/c30-14-8-24-20(31)16-25-19-15-26-21-18(7-4-9-29(21)23(19)33)22(32)28-12-10-27(11-13-28)17-5-2-1-3-6-17/h1-7,9,15,25,30H,8,10-14,16H2,(H,24,31). The monoisotopic (exact) mass is 450 g/mol. The van der Waals surface area contributed by atoms with Crippen molar-refractivity contribution in [3.05, 3.63) is 70.8 Å². The topological polar surface area (TPSA) is 119 Å². The number of pyridine rings is 1. The molecule has 1 aliphatic rings. The first-order valence-electron chi connectivity index (χ1n) is 10.8. The minimum absolute atomic E-state index is 0.132. The summed E-state index contributed by atoms with van der Waals surface area (Å²) in [4.78, 5) is 46.2. The summed E-state index contributed by atoms with van der Waals surface area (Å²) in [6.45, 7) is 2.43. The fourth-order valence-electron chi connectivity index (χ4n) is 3.80. The quantitative estimate of drug-likeness (QED) is 0.470. The minimum atomic E-state index is -0.404. The van der Waals surface area contributed by atoms with Gasteiger partial charge in [0.1, 0.15) is 5.69 Å². The van der Waals surface area contributed by atoms with Gasteiger partial charge in [-0.2, -0.15) is 0 Å². The molecule has 0 radical (unpaired) electrons. The molecule has 1 saturated heterocycles. The lowest BCUT2D eigenvalue weighted by molar-refractivity contribution is -0.119. The predicted octanol–water partition coefficient (Wildman–Crippen LogP) is 0.177. The van der Waals surface area contributed by atoms with Crippen LogP contribution in [0.15, 0.2) is 59.7 Å². The number of aliphatic hydroxyl groups is 1. The number of carbonyl (C=O) groups excluding carboxylic acids is 2. The summed E-state index contributed by atoms with van der Waals surface area (Å²) < 4.78 is 1.31. The Bertz CT molecular complexity index is 1190. The number of benzene rings is 1. The summed E-state index contributed by atoms with van der Waals surface area (Å²) in [5, 5.41) is 14.0. The molecule has 3 aromatic rings. The van der Waals surface area contributed by atoms with Crippen molar-refractivity contribution in [2.45, 2.75) is 0 Å². The van der Waals surface area contributed by atoms with E-state index in [1.165, 1.54) is 10.6 Å². The zero-order valence-electron chi connectivity index (χ0n) is 18.1. The van der Waals surface area contributed by atoms with Crippen LogP contribution < -0.4 is 21.1 Å². The minimum Gasteiger partial charge on any atom is -0.395 e. The zero-order valence-corrected chi connectivity index (χ0v) is 18.1. The van der Waals surface area contributed by atoms with Crippen molar-refractivity contribution in [3.8, 4) is 0 Å². The third kappa shape index (κ3) is 4.96. The Morgan fingerprint density at radius 3 is 2.52 bits per heavy atom. The number of amides is 2. The first kappa shape index (κ1) is 22.3. The number of hydrogen-bond acceptors (Lipinski definition) is 7. The van der Waals surface area contributed by atoms with Gasteiger partial charge in [0.25, 0.3) is 11.5 Å². The number of hydrogen-bond donors (Lipinski definition) is 3. The molecule has 2 amide bonds. The van der Waals surface area contributed by atoms with Crippen molar-refractivity contribution in [2.24, 2.45) is 0 Å². The van der Waals surface area contributed by atoms with Crippen LogP contribution in [0.3, 0.4) is 0 Å². The maximum absolute atomic E-state index is 13.2. The van der Waals surface area contributed by atoms with E-state index in [0.717, 1.165) is 18.8 Å². The number of para-hydroxylation sites is 1. The van der Waals surface area contributed by atoms with Crippen molar-refractivity contribution in [2.75, 3.05) is 56.1 Å². The molecule has 2 aromatic heterocycles. The lowest BCUT2D eigenvalue weighted by atomic mass is 10.2. The number of aliphatic hydroxyl groups excluding tert-OH is 1. The Kier molecular flexibility index (Phi) is 6.84. The van der Waals surface area contributed by atoms with E-state index >= 15 is 0 Å². The number of fused-ring (bicyclic) bond motifs is 1. The normalized spacial score (nSPS) is 13.7. The van der Waals surface area contributed by atoms with Crippen molar-refractivity contribution in [1.82, 2.24) is 19.6 Å². The van der Waals surface area contributed by atoms with E-state index in [4.69, 9.17) is 5.11 Å². The molecule has 0 saturated carbocycles. The number of nitrogens with zero attached hydrogens (tertiary/aromatic N) is 4. The second-order valence-electron chi connectivity index (χ2n) is 7.63. The molecule has 10 nitrogen and oxygen atoms in total. The fraction of sp³-hybridized carbons (Fsp3) is 0.304. The maximum Gasteiger partial charge on any atom is 0.281 e. The highest BCUT2D eigenvalue weighted by atomic mass is 16.3. The van der Waals surface area contributed by atoms with Gasteiger partial charge in [-0.1, -0.05) is 18.2 Å². The predicted molar refractivity (Wildman–Crippen MR) is 125 cm³/mol. The molecule has 4 rings (SSSR count). The highest BCUT2D eigenvalue weighted by molar-refractivity contribution is 6.00. The van der Waals surface area contributed by atoms with Gasteiger partial charge in [-0.25, -0.2) is 4.98 Å². The molecule has 3 heterocycles. The molecule has 1 aromatic carbocycles. The van der Waals surface area contributed by atoms with E-state index in [0.29, 0.717) is 18.7 Å². The first-order valence-corrected chi connectivity index (χ1v) is 10.8. The van der Waals surface area contributed by atoms with E-state index in [9.17, 15) is 14.4 Å². The molecule has 3 N–H and O–H groups in total.